The van der Waals surface area contributed by atoms with Crippen molar-refractivity contribution in [1.29, 1.82) is 0 Å². The van der Waals surface area contributed by atoms with Crippen LogP contribution >= 0.6 is 0 Å². The number of aliphatic hydroxyl groups is 1. The Morgan fingerprint density at radius 3 is 2.41 bits per heavy atom. The van der Waals surface area contributed by atoms with Crippen molar-refractivity contribution < 1.29 is 27.8 Å². The number of nitrogens with one attached hydrogen (secondary N) is 1. The van der Waals surface area contributed by atoms with Crippen LogP contribution in [0.1, 0.15) is 37.9 Å². The van der Waals surface area contributed by atoms with E-state index in [-0.39, 0.29) is 11.3 Å². The Balaban J connectivity index is 3.14. The van der Waals surface area contributed by atoms with Crippen molar-refractivity contribution in [3.63, 3.8) is 0 Å². The predicted octanol–water partition coefficient (Wildman–Crippen LogP) is 3.04. The summed E-state index contributed by atoms with van der Waals surface area (Å²) < 4.78 is 43.3. The van der Waals surface area contributed by atoms with Crippen LogP contribution < -0.4 is 11.1 Å². The molecule has 1 atom stereocenters. The maximum atomic E-state index is 12.8. The highest BCUT2D eigenvalue weighted by atomic mass is 19.4. The van der Waals surface area contributed by atoms with Crippen LogP contribution in [0.2, 0.25) is 0 Å². The minimum absolute atomic E-state index is 0.148. The van der Waals surface area contributed by atoms with Gasteiger partial charge in [0.1, 0.15) is 5.60 Å². The van der Waals surface area contributed by atoms with E-state index < -0.39 is 36.1 Å². The highest BCUT2D eigenvalue weighted by Gasteiger charge is 2.32. The Morgan fingerprint density at radius 1 is 1.36 bits per heavy atom. The molecule has 0 aromatic heterocycles. The fourth-order valence-electron chi connectivity index (χ4n) is 1.68. The van der Waals surface area contributed by atoms with Crippen LogP contribution in [0.4, 0.5) is 23.7 Å². The van der Waals surface area contributed by atoms with E-state index >= 15 is 0 Å². The molecule has 22 heavy (non-hydrogen) atoms. The number of hydrogen-bond acceptors (Lipinski definition) is 4. The third kappa shape index (κ3) is 5.19. The average molecular weight is 320 g/mol. The molecule has 1 aromatic carbocycles. The van der Waals surface area contributed by atoms with Gasteiger partial charge in [-0.1, -0.05) is 6.07 Å². The van der Waals surface area contributed by atoms with E-state index in [1.807, 2.05) is 0 Å². The van der Waals surface area contributed by atoms with Gasteiger partial charge in [-0.05, 0) is 38.5 Å². The summed E-state index contributed by atoms with van der Waals surface area (Å²) in [5, 5.41) is 11.3. The lowest BCUT2D eigenvalue weighted by molar-refractivity contribution is -0.137. The first-order chi connectivity index (χ1) is 9.94. The summed E-state index contributed by atoms with van der Waals surface area (Å²) in [5.74, 6) is 0. The van der Waals surface area contributed by atoms with Crippen molar-refractivity contribution in [1.82, 2.24) is 0 Å². The molecule has 0 radical (unpaired) electrons. The highest BCUT2D eigenvalue weighted by Crippen LogP contribution is 2.33. The molecule has 0 aliphatic carbocycles. The van der Waals surface area contributed by atoms with Gasteiger partial charge in [-0.15, -0.1) is 0 Å². The first-order valence-corrected chi connectivity index (χ1v) is 6.51. The molecule has 0 fully saturated rings. The van der Waals surface area contributed by atoms with Gasteiger partial charge in [0.25, 0.3) is 0 Å². The molecule has 0 spiro atoms. The second-order valence-corrected chi connectivity index (χ2v) is 5.72. The van der Waals surface area contributed by atoms with E-state index in [1.54, 1.807) is 20.8 Å². The lowest BCUT2D eigenvalue weighted by Crippen LogP contribution is -2.28. The largest absolute Gasteiger partial charge is 0.444 e. The SMILES string of the molecule is CC(C)(C)OC(=O)Nc1cc(C(F)(F)F)ccc1[C@H](N)CO. The lowest BCUT2D eigenvalue weighted by atomic mass is 10.0. The third-order valence-electron chi connectivity index (χ3n) is 2.61. The number of halogens is 3. The van der Waals surface area contributed by atoms with Crippen LogP contribution in [0.25, 0.3) is 0 Å². The minimum atomic E-state index is -4.56. The molecule has 4 N–H and O–H groups in total. The topological polar surface area (TPSA) is 84.6 Å². The molecular weight excluding hydrogens is 301 g/mol. The van der Waals surface area contributed by atoms with E-state index in [9.17, 15) is 18.0 Å². The van der Waals surface area contributed by atoms with E-state index in [4.69, 9.17) is 15.6 Å². The zero-order valence-electron chi connectivity index (χ0n) is 12.5. The standard InChI is InChI=1S/C14H19F3N2O3/c1-13(2,3)22-12(21)19-11-6-8(14(15,16)17)4-5-9(11)10(18)7-20/h4-6,10,20H,7,18H2,1-3H3,(H,19,21)/t10-/m1/s1. The molecule has 0 unspecified atom stereocenters. The van der Waals surface area contributed by atoms with Gasteiger partial charge in [-0.25, -0.2) is 4.79 Å². The van der Waals surface area contributed by atoms with Gasteiger partial charge in [0, 0.05) is 5.69 Å². The molecule has 1 aromatic rings. The molecule has 0 saturated heterocycles. The smallest absolute Gasteiger partial charge is 0.416 e. The Kier molecular flexibility index (Phi) is 5.42. The van der Waals surface area contributed by atoms with Crippen molar-refractivity contribution in [2.24, 2.45) is 5.73 Å². The Labute approximate surface area is 126 Å². The van der Waals surface area contributed by atoms with Crippen LogP contribution in [0.5, 0.6) is 0 Å². The second-order valence-electron chi connectivity index (χ2n) is 5.72. The molecule has 0 bridgehead atoms. The molecule has 8 heteroatoms. The van der Waals surface area contributed by atoms with Gasteiger partial charge in [0.15, 0.2) is 0 Å². The number of anilines is 1. The molecule has 1 rings (SSSR count). The van der Waals surface area contributed by atoms with Crippen LogP contribution in [-0.2, 0) is 10.9 Å². The van der Waals surface area contributed by atoms with Gasteiger partial charge in [0.2, 0.25) is 0 Å². The zero-order chi connectivity index (χ0) is 17.1. The van der Waals surface area contributed by atoms with Gasteiger partial charge >= 0.3 is 12.3 Å². The van der Waals surface area contributed by atoms with E-state index in [0.29, 0.717) is 0 Å². The van der Waals surface area contributed by atoms with Crippen LogP contribution in [0.3, 0.4) is 0 Å². The zero-order valence-corrected chi connectivity index (χ0v) is 12.5. The highest BCUT2D eigenvalue weighted by molar-refractivity contribution is 5.86. The molecule has 0 heterocycles. The third-order valence-corrected chi connectivity index (χ3v) is 2.61. The first-order valence-electron chi connectivity index (χ1n) is 6.51. The molecule has 124 valence electrons. The maximum absolute atomic E-state index is 12.8. The number of hydrogen-bond donors (Lipinski definition) is 3. The average Bonchev–Trinajstić information content (AvgIpc) is 2.34. The molecular formula is C14H19F3N2O3. The number of aliphatic hydroxyl groups excluding tert-OH is 1. The van der Waals surface area contributed by atoms with Gasteiger partial charge in [-0.3, -0.25) is 5.32 Å². The molecule has 5 nitrogen and oxygen atoms in total. The van der Waals surface area contributed by atoms with Crippen molar-refractivity contribution in [2.45, 2.75) is 38.6 Å². The fourth-order valence-corrected chi connectivity index (χ4v) is 1.68. The lowest BCUT2D eigenvalue weighted by Gasteiger charge is -2.22. The number of benzene rings is 1. The maximum Gasteiger partial charge on any atom is 0.416 e. The Bertz CT molecular complexity index is 539. The van der Waals surface area contributed by atoms with Gasteiger partial charge < -0.3 is 15.6 Å². The number of alkyl halides is 3. The molecule has 0 saturated carbocycles. The number of ether oxygens (including phenoxy) is 1. The molecule has 0 aliphatic rings. The van der Waals surface area contributed by atoms with Gasteiger partial charge in [-0.2, -0.15) is 13.2 Å². The number of carbonyl (C=O) groups is 1. The number of nitrogens with two attached hydrogens (primary N) is 1. The van der Waals surface area contributed by atoms with Gasteiger partial charge in [0.05, 0.1) is 18.2 Å². The van der Waals surface area contributed by atoms with Crippen LogP contribution in [0.15, 0.2) is 18.2 Å². The monoisotopic (exact) mass is 320 g/mol. The summed E-state index contributed by atoms with van der Waals surface area (Å²) in [6.07, 6.45) is -5.47. The minimum Gasteiger partial charge on any atom is -0.444 e. The van der Waals surface area contributed by atoms with E-state index in [2.05, 4.69) is 5.32 Å². The fraction of sp³-hybridized carbons (Fsp3) is 0.500. The van der Waals surface area contributed by atoms with E-state index in [1.165, 1.54) is 0 Å². The van der Waals surface area contributed by atoms with Crippen molar-refractivity contribution in [2.75, 3.05) is 11.9 Å². The summed E-state index contributed by atoms with van der Waals surface area (Å²) in [5.41, 5.74) is 3.93. The van der Waals surface area contributed by atoms with Crippen LogP contribution in [0, 0.1) is 0 Å². The summed E-state index contributed by atoms with van der Waals surface area (Å²) in [4.78, 5) is 11.7. The molecule has 1 amide bonds. The molecule has 0 aliphatic heterocycles. The summed E-state index contributed by atoms with van der Waals surface area (Å²) in [6.45, 7) is 4.39. The number of amides is 1. The number of carbonyl (C=O) groups excluding carboxylic acids is 1. The normalized spacial score (nSPS) is 13.6. The quantitative estimate of drug-likeness (QED) is 0.799. The van der Waals surface area contributed by atoms with Crippen molar-refractivity contribution >= 4 is 11.8 Å². The number of rotatable bonds is 3. The Morgan fingerprint density at radius 2 is 1.95 bits per heavy atom. The van der Waals surface area contributed by atoms with Crippen molar-refractivity contribution in [3.8, 4) is 0 Å². The summed E-state index contributed by atoms with van der Waals surface area (Å²) >= 11 is 0. The second kappa shape index (κ2) is 6.53. The van der Waals surface area contributed by atoms with Crippen molar-refractivity contribution in [3.05, 3.63) is 29.3 Å². The Hall–Kier alpha value is -1.80. The first kappa shape index (κ1) is 18.2. The predicted molar refractivity (Wildman–Crippen MR) is 75.3 cm³/mol. The summed E-state index contributed by atoms with van der Waals surface area (Å²) in [6, 6.07) is 1.79. The van der Waals surface area contributed by atoms with E-state index in [0.717, 1.165) is 18.2 Å². The van der Waals surface area contributed by atoms with Crippen LogP contribution in [-0.4, -0.2) is 23.4 Å². The summed E-state index contributed by atoms with van der Waals surface area (Å²) in [7, 11) is 0.